The molecule has 0 bridgehead atoms. The first-order chi connectivity index (χ1) is 13.0. The molecule has 0 aliphatic heterocycles. The smallest absolute Gasteiger partial charge is 0.251 e. The lowest BCUT2D eigenvalue weighted by molar-refractivity contribution is 0.0963. The monoisotopic (exact) mass is 534 g/mol. The molecule has 0 aromatic heterocycles. The highest BCUT2D eigenvalue weighted by Crippen LogP contribution is 2.21. The summed E-state index contributed by atoms with van der Waals surface area (Å²) in [5, 5.41) is 10.4. The highest BCUT2D eigenvalue weighted by Gasteiger charge is 2.05. The van der Waals surface area contributed by atoms with Gasteiger partial charge in [0.1, 0.15) is 0 Å². The summed E-state index contributed by atoms with van der Waals surface area (Å²) < 4.78 is 0. The maximum Gasteiger partial charge on any atom is 0.251 e. The summed E-state index contributed by atoms with van der Waals surface area (Å²) in [4.78, 5) is 16.3. The van der Waals surface area contributed by atoms with Crippen molar-refractivity contribution >= 4 is 59.0 Å². The van der Waals surface area contributed by atoms with Crippen LogP contribution in [0.2, 0.25) is 10.0 Å². The van der Waals surface area contributed by atoms with E-state index in [9.17, 15) is 4.79 Å². The van der Waals surface area contributed by atoms with Crippen molar-refractivity contribution in [3.05, 3.63) is 69.2 Å². The molecule has 5 nitrogen and oxygen atoms in total. The summed E-state index contributed by atoms with van der Waals surface area (Å²) in [5.41, 5.74) is 2.66. The largest absolute Gasteiger partial charge is 0.357 e. The van der Waals surface area contributed by atoms with Gasteiger partial charge in [0.2, 0.25) is 0 Å². The molecule has 2 rings (SSSR count). The molecular formula is C20H25Cl2IN4O. The molecule has 152 valence electrons. The molecule has 0 unspecified atom stereocenters. The molecule has 0 radical (unpaired) electrons. The standard InChI is InChI=1S/C20H24Cl2N4O.HI/c1-3-24-20(26-13-16-7-8-17(21)12-18(16)22)25-10-9-14-5-4-6-15(11-14)19(27)23-2;/h4-8,11-12H,3,9-10,13H2,1-2H3,(H,23,27)(H2,24,25,26);1H. The van der Waals surface area contributed by atoms with Crippen LogP contribution in [0.1, 0.15) is 28.4 Å². The third-order valence-electron chi connectivity index (χ3n) is 3.89. The number of benzene rings is 2. The van der Waals surface area contributed by atoms with Crippen LogP contribution >= 0.6 is 47.2 Å². The Bertz CT molecular complexity index is 815. The van der Waals surface area contributed by atoms with Gasteiger partial charge in [0.15, 0.2) is 5.96 Å². The van der Waals surface area contributed by atoms with Gasteiger partial charge in [-0.05, 0) is 48.7 Å². The minimum absolute atomic E-state index is 0. The van der Waals surface area contributed by atoms with Crippen molar-refractivity contribution in [3.63, 3.8) is 0 Å². The zero-order valence-electron chi connectivity index (χ0n) is 15.9. The van der Waals surface area contributed by atoms with E-state index in [0.29, 0.717) is 34.7 Å². The molecule has 0 saturated carbocycles. The van der Waals surface area contributed by atoms with Crippen molar-refractivity contribution < 1.29 is 4.79 Å². The lowest BCUT2D eigenvalue weighted by Gasteiger charge is -2.12. The van der Waals surface area contributed by atoms with Gasteiger partial charge in [0.05, 0.1) is 6.54 Å². The lowest BCUT2D eigenvalue weighted by atomic mass is 10.1. The maximum atomic E-state index is 11.7. The van der Waals surface area contributed by atoms with E-state index in [1.165, 1.54) is 0 Å². The molecule has 0 fully saturated rings. The Labute approximate surface area is 193 Å². The molecule has 1 amide bonds. The van der Waals surface area contributed by atoms with E-state index in [2.05, 4.69) is 20.9 Å². The van der Waals surface area contributed by atoms with Crippen molar-refractivity contribution in [2.24, 2.45) is 4.99 Å². The zero-order valence-corrected chi connectivity index (χ0v) is 19.7. The predicted octanol–water partition coefficient (Wildman–Crippen LogP) is 4.27. The van der Waals surface area contributed by atoms with Crippen LogP contribution < -0.4 is 16.0 Å². The topological polar surface area (TPSA) is 65.5 Å². The number of halogens is 3. The van der Waals surface area contributed by atoms with Gasteiger partial charge in [-0.2, -0.15) is 0 Å². The van der Waals surface area contributed by atoms with Crippen LogP contribution in [-0.4, -0.2) is 32.0 Å². The van der Waals surface area contributed by atoms with Crippen molar-refractivity contribution in [2.45, 2.75) is 19.9 Å². The first kappa shape index (κ1) is 24.5. The summed E-state index contributed by atoms with van der Waals surface area (Å²) in [6.45, 7) is 3.92. The van der Waals surface area contributed by atoms with Gasteiger partial charge in [0.25, 0.3) is 5.91 Å². The molecule has 0 saturated heterocycles. The van der Waals surface area contributed by atoms with Crippen LogP contribution in [0, 0.1) is 0 Å². The molecule has 0 spiro atoms. The fraction of sp³-hybridized carbons (Fsp3) is 0.300. The second-order valence-electron chi connectivity index (χ2n) is 5.89. The number of hydrogen-bond acceptors (Lipinski definition) is 2. The van der Waals surface area contributed by atoms with Crippen LogP contribution in [0.5, 0.6) is 0 Å². The molecule has 2 aromatic rings. The third kappa shape index (κ3) is 7.85. The molecule has 0 aliphatic carbocycles. The normalized spacial score (nSPS) is 10.8. The van der Waals surface area contributed by atoms with Gasteiger partial charge in [-0.25, -0.2) is 4.99 Å². The van der Waals surface area contributed by atoms with Crippen molar-refractivity contribution in [3.8, 4) is 0 Å². The van der Waals surface area contributed by atoms with E-state index in [1.54, 1.807) is 25.2 Å². The van der Waals surface area contributed by atoms with E-state index in [4.69, 9.17) is 23.2 Å². The molecular weight excluding hydrogens is 510 g/mol. The Morgan fingerprint density at radius 3 is 2.57 bits per heavy atom. The molecule has 8 heteroatoms. The van der Waals surface area contributed by atoms with E-state index >= 15 is 0 Å². The summed E-state index contributed by atoms with van der Waals surface area (Å²) in [5.74, 6) is 0.630. The SMILES string of the molecule is CCNC(=NCc1ccc(Cl)cc1Cl)NCCc1cccc(C(=O)NC)c1.I. The Morgan fingerprint density at radius 1 is 1.11 bits per heavy atom. The van der Waals surface area contributed by atoms with Gasteiger partial charge in [-0.3, -0.25) is 4.79 Å². The Balaban J connectivity index is 0.00000392. The average Bonchev–Trinajstić information content (AvgIpc) is 2.66. The minimum atomic E-state index is -0.0837. The molecule has 0 aliphatic rings. The van der Waals surface area contributed by atoms with Gasteiger partial charge < -0.3 is 16.0 Å². The fourth-order valence-electron chi connectivity index (χ4n) is 2.49. The lowest BCUT2D eigenvalue weighted by Crippen LogP contribution is -2.38. The number of nitrogens with one attached hydrogen (secondary N) is 3. The summed E-state index contributed by atoms with van der Waals surface area (Å²) >= 11 is 12.1. The zero-order chi connectivity index (χ0) is 19.6. The van der Waals surface area contributed by atoms with Crippen LogP contribution in [0.4, 0.5) is 0 Å². The molecule has 2 aromatic carbocycles. The molecule has 3 N–H and O–H groups in total. The highest BCUT2D eigenvalue weighted by atomic mass is 127. The first-order valence-corrected chi connectivity index (χ1v) is 9.56. The van der Waals surface area contributed by atoms with E-state index < -0.39 is 0 Å². The predicted molar refractivity (Wildman–Crippen MR) is 128 cm³/mol. The summed E-state index contributed by atoms with van der Waals surface area (Å²) in [7, 11) is 1.63. The minimum Gasteiger partial charge on any atom is -0.357 e. The van der Waals surface area contributed by atoms with Gasteiger partial charge in [-0.15, -0.1) is 24.0 Å². The van der Waals surface area contributed by atoms with Crippen molar-refractivity contribution in [1.82, 2.24) is 16.0 Å². The van der Waals surface area contributed by atoms with Crippen LogP contribution in [-0.2, 0) is 13.0 Å². The number of nitrogens with zero attached hydrogens (tertiary/aromatic N) is 1. The Hall–Kier alpha value is -1.51. The van der Waals surface area contributed by atoms with Crippen LogP contribution in [0.25, 0.3) is 0 Å². The second kappa shape index (κ2) is 12.9. The quantitative estimate of drug-likeness (QED) is 0.282. The maximum absolute atomic E-state index is 11.7. The Kier molecular flexibility index (Phi) is 11.3. The molecule has 0 atom stereocenters. The fourth-order valence-corrected chi connectivity index (χ4v) is 2.96. The van der Waals surface area contributed by atoms with Crippen molar-refractivity contribution in [1.29, 1.82) is 0 Å². The average molecular weight is 535 g/mol. The van der Waals surface area contributed by atoms with Gasteiger partial charge in [0, 0.05) is 35.7 Å². The summed E-state index contributed by atoms with van der Waals surface area (Å²) in [6.07, 6.45) is 0.775. The number of carbonyl (C=O) groups excluding carboxylic acids is 1. The highest BCUT2D eigenvalue weighted by molar-refractivity contribution is 14.0. The summed E-state index contributed by atoms with van der Waals surface area (Å²) in [6, 6.07) is 13.0. The Morgan fingerprint density at radius 2 is 1.89 bits per heavy atom. The number of hydrogen-bond donors (Lipinski definition) is 3. The molecule has 28 heavy (non-hydrogen) atoms. The van der Waals surface area contributed by atoms with Gasteiger partial charge >= 0.3 is 0 Å². The van der Waals surface area contributed by atoms with Crippen LogP contribution in [0.3, 0.4) is 0 Å². The van der Waals surface area contributed by atoms with Crippen LogP contribution in [0.15, 0.2) is 47.5 Å². The van der Waals surface area contributed by atoms with Crippen molar-refractivity contribution in [2.75, 3.05) is 20.1 Å². The third-order valence-corrected chi connectivity index (χ3v) is 4.48. The van der Waals surface area contributed by atoms with E-state index in [1.807, 2.05) is 31.2 Å². The number of rotatable bonds is 7. The van der Waals surface area contributed by atoms with E-state index in [-0.39, 0.29) is 29.9 Å². The number of guanidine groups is 1. The number of aliphatic imine (C=N–C) groups is 1. The molecule has 0 heterocycles. The number of amides is 1. The second-order valence-corrected chi connectivity index (χ2v) is 6.73. The van der Waals surface area contributed by atoms with E-state index in [0.717, 1.165) is 24.1 Å². The van der Waals surface area contributed by atoms with Gasteiger partial charge in [-0.1, -0.05) is 41.4 Å². The first-order valence-electron chi connectivity index (χ1n) is 8.80. The number of carbonyl (C=O) groups is 1.